The number of carbonyl (C=O) groups excluding carboxylic acids is 1. The van der Waals surface area contributed by atoms with Crippen LogP contribution in [0.25, 0.3) is 0 Å². The zero-order valence-electron chi connectivity index (χ0n) is 36.9. The van der Waals surface area contributed by atoms with E-state index in [2.05, 4.69) is 74.6 Å². The maximum Gasteiger partial charge on any atom is 0.472 e. The fraction of sp³-hybridized carbons (Fsp3) is 0.766. The molecule has 0 heterocycles. The summed E-state index contributed by atoms with van der Waals surface area (Å²) in [5.74, 6) is -0.329. The van der Waals surface area contributed by atoms with Crippen LogP contribution in [0.2, 0.25) is 0 Å². The van der Waals surface area contributed by atoms with Gasteiger partial charge in [-0.05, 0) is 77.0 Å². The zero-order chi connectivity index (χ0) is 41.3. The number of phosphoric ester groups is 1. The minimum Gasteiger partial charge on any atom is -0.457 e. The molecular formula is C47H87NO7P+. The second kappa shape index (κ2) is 40.0. The molecule has 0 saturated heterocycles. The van der Waals surface area contributed by atoms with E-state index in [0.29, 0.717) is 24.1 Å². The van der Waals surface area contributed by atoms with Crippen molar-refractivity contribution in [3.63, 3.8) is 0 Å². The standard InChI is InChI=1S/C47H86NO7P/c1-6-8-10-12-14-16-18-20-22-24-25-26-28-30-32-34-36-38-40-47(49)55-46(45-54-56(50,51)53-43-41-48(3,4)5)44-52-42-39-37-35-33-31-29-27-23-21-19-17-15-13-11-9-7-2/h9,11,15-18,21-24,46H,6-8,10,12-14,19-20,25-45H2,1-5H3/p+1/b11-9-,17-15-,18-16-,23-21-,24-22-. The number of allylic oxidation sites excluding steroid dienone is 10. The first-order valence-electron chi connectivity index (χ1n) is 22.5. The number of quaternary nitrogens is 1. The van der Waals surface area contributed by atoms with Gasteiger partial charge in [0.25, 0.3) is 0 Å². The molecule has 0 saturated carbocycles. The van der Waals surface area contributed by atoms with Crippen LogP contribution in [0.5, 0.6) is 0 Å². The summed E-state index contributed by atoms with van der Waals surface area (Å²) in [4.78, 5) is 22.9. The summed E-state index contributed by atoms with van der Waals surface area (Å²) in [5.41, 5.74) is 0. The predicted octanol–water partition coefficient (Wildman–Crippen LogP) is 13.3. The molecule has 56 heavy (non-hydrogen) atoms. The lowest BCUT2D eigenvalue weighted by atomic mass is 10.1. The van der Waals surface area contributed by atoms with Crippen molar-refractivity contribution in [3.05, 3.63) is 60.8 Å². The Balaban J connectivity index is 4.27. The van der Waals surface area contributed by atoms with Crippen LogP contribution in [-0.2, 0) is 27.9 Å². The maximum atomic E-state index is 12.7. The molecule has 0 spiro atoms. The Kier molecular flexibility index (Phi) is 38.7. The van der Waals surface area contributed by atoms with Crippen LogP contribution in [0, 0.1) is 0 Å². The third-order valence-electron chi connectivity index (χ3n) is 9.31. The van der Waals surface area contributed by atoms with Gasteiger partial charge in [-0.1, -0.05) is 152 Å². The van der Waals surface area contributed by atoms with Crippen LogP contribution < -0.4 is 0 Å². The van der Waals surface area contributed by atoms with Gasteiger partial charge >= 0.3 is 13.8 Å². The molecule has 0 aliphatic heterocycles. The Morgan fingerprint density at radius 1 is 0.571 bits per heavy atom. The Morgan fingerprint density at radius 2 is 1.04 bits per heavy atom. The molecule has 1 N–H and O–H groups in total. The lowest BCUT2D eigenvalue weighted by Crippen LogP contribution is -2.37. The van der Waals surface area contributed by atoms with Crippen molar-refractivity contribution >= 4 is 13.8 Å². The minimum absolute atomic E-state index is 0.0815. The van der Waals surface area contributed by atoms with E-state index in [1.165, 1.54) is 77.0 Å². The van der Waals surface area contributed by atoms with E-state index >= 15 is 0 Å². The van der Waals surface area contributed by atoms with E-state index in [1.807, 2.05) is 21.1 Å². The van der Waals surface area contributed by atoms with E-state index in [4.69, 9.17) is 18.5 Å². The quantitative estimate of drug-likeness (QED) is 0.0216. The zero-order valence-corrected chi connectivity index (χ0v) is 37.7. The van der Waals surface area contributed by atoms with Crippen molar-refractivity contribution in [3.8, 4) is 0 Å². The predicted molar refractivity (Wildman–Crippen MR) is 238 cm³/mol. The average Bonchev–Trinajstić information content (AvgIpc) is 3.15. The number of hydrogen-bond donors (Lipinski definition) is 1. The molecule has 0 bridgehead atoms. The van der Waals surface area contributed by atoms with Gasteiger partial charge in [-0.2, -0.15) is 0 Å². The lowest BCUT2D eigenvalue weighted by Gasteiger charge is -2.24. The van der Waals surface area contributed by atoms with Gasteiger partial charge < -0.3 is 18.9 Å². The maximum absolute atomic E-state index is 12.7. The van der Waals surface area contributed by atoms with Crippen molar-refractivity contribution < 1.29 is 37.3 Å². The number of ether oxygens (including phenoxy) is 2. The van der Waals surface area contributed by atoms with Crippen molar-refractivity contribution in [1.82, 2.24) is 0 Å². The van der Waals surface area contributed by atoms with Gasteiger partial charge in [0.15, 0.2) is 0 Å². The summed E-state index contributed by atoms with van der Waals surface area (Å²) in [6, 6.07) is 0. The van der Waals surface area contributed by atoms with Crippen molar-refractivity contribution in [2.24, 2.45) is 0 Å². The normalized spacial score (nSPS) is 14.3. The number of unbranched alkanes of at least 4 members (excludes halogenated alkanes) is 17. The summed E-state index contributed by atoms with van der Waals surface area (Å²) >= 11 is 0. The SMILES string of the molecule is CC/C=C\C/C=C\C/C=C\CCCCCCCCOCC(COP(=O)(O)OCC[N+](C)(C)C)OC(=O)CCCCCCCCC/C=C\C/C=C\CCCCCC. The van der Waals surface area contributed by atoms with E-state index in [-0.39, 0.29) is 25.8 Å². The highest BCUT2D eigenvalue weighted by Gasteiger charge is 2.26. The number of rotatable bonds is 41. The lowest BCUT2D eigenvalue weighted by molar-refractivity contribution is -0.870. The monoisotopic (exact) mass is 809 g/mol. The van der Waals surface area contributed by atoms with Gasteiger partial charge in [-0.15, -0.1) is 0 Å². The van der Waals surface area contributed by atoms with Gasteiger partial charge in [0, 0.05) is 13.0 Å². The molecule has 0 rings (SSSR count). The molecule has 0 aromatic carbocycles. The third-order valence-corrected chi connectivity index (χ3v) is 10.3. The van der Waals surface area contributed by atoms with Gasteiger partial charge in [-0.25, -0.2) is 4.57 Å². The third kappa shape index (κ3) is 43.3. The molecule has 0 fully saturated rings. The molecular weight excluding hydrogens is 721 g/mol. The first-order chi connectivity index (χ1) is 27.1. The fourth-order valence-electron chi connectivity index (χ4n) is 5.83. The van der Waals surface area contributed by atoms with Crippen molar-refractivity contribution in [1.29, 1.82) is 0 Å². The van der Waals surface area contributed by atoms with Crippen LogP contribution in [0.3, 0.4) is 0 Å². The molecule has 0 amide bonds. The molecule has 326 valence electrons. The van der Waals surface area contributed by atoms with Crippen LogP contribution >= 0.6 is 7.82 Å². The summed E-state index contributed by atoms with van der Waals surface area (Å²) in [7, 11) is 1.64. The van der Waals surface area contributed by atoms with Crippen molar-refractivity contribution in [2.75, 3.05) is 54.1 Å². The summed E-state index contributed by atoms with van der Waals surface area (Å²) in [6.45, 7) is 5.45. The average molecular weight is 809 g/mol. The van der Waals surface area contributed by atoms with Crippen LogP contribution in [0.4, 0.5) is 0 Å². The highest BCUT2D eigenvalue weighted by Crippen LogP contribution is 2.43. The Bertz CT molecular complexity index is 1080. The highest BCUT2D eigenvalue weighted by atomic mass is 31.2. The number of carbonyl (C=O) groups is 1. The van der Waals surface area contributed by atoms with Crippen LogP contribution in [-0.4, -0.2) is 75.6 Å². The molecule has 2 unspecified atom stereocenters. The molecule has 8 nitrogen and oxygen atoms in total. The topological polar surface area (TPSA) is 91.3 Å². The number of hydrogen-bond acceptors (Lipinski definition) is 6. The molecule has 0 radical (unpaired) electrons. The molecule has 0 aliphatic carbocycles. The molecule has 2 atom stereocenters. The molecule has 0 aromatic heterocycles. The van der Waals surface area contributed by atoms with E-state index in [1.54, 1.807) is 0 Å². The second-order valence-corrected chi connectivity index (χ2v) is 17.5. The fourth-order valence-corrected chi connectivity index (χ4v) is 6.57. The summed E-state index contributed by atoms with van der Waals surface area (Å²) in [6.07, 6.45) is 49.6. The molecule has 9 heteroatoms. The van der Waals surface area contributed by atoms with E-state index in [0.717, 1.165) is 77.0 Å². The van der Waals surface area contributed by atoms with Gasteiger partial charge in [0.1, 0.15) is 19.3 Å². The van der Waals surface area contributed by atoms with Crippen molar-refractivity contribution in [2.45, 2.75) is 180 Å². The Morgan fingerprint density at radius 3 is 1.55 bits per heavy atom. The van der Waals surface area contributed by atoms with E-state index < -0.39 is 13.9 Å². The smallest absolute Gasteiger partial charge is 0.457 e. The second-order valence-electron chi connectivity index (χ2n) is 16.0. The molecule has 0 aromatic rings. The largest absolute Gasteiger partial charge is 0.472 e. The van der Waals surface area contributed by atoms with Crippen LogP contribution in [0.1, 0.15) is 174 Å². The first kappa shape index (κ1) is 54.2. The minimum atomic E-state index is -4.28. The van der Waals surface area contributed by atoms with Gasteiger partial charge in [0.05, 0.1) is 34.4 Å². The van der Waals surface area contributed by atoms with Gasteiger partial charge in [-0.3, -0.25) is 13.8 Å². The first-order valence-corrected chi connectivity index (χ1v) is 24.0. The number of nitrogens with zero attached hydrogens (tertiary/aromatic N) is 1. The number of esters is 1. The van der Waals surface area contributed by atoms with Crippen LogP contribution in [0.15, 0.2) is 60.8 Å². The highest BCUT2D eigenvalue weighted by molar-refractivity contribution is 7.47. The van der Waals surface area contributed by atoms with E-state index in [9.17, 15) is 14.3 Å². The Labute approximate surface area is 345 Å². The summed E-state index contributed by atoms with van der Waals surface area (Å²) < 4.78 is 35.0. The molecule has 0 aliphatic rings. The Hall–Kier alpha value is -1.80. The van der Waals surface area contributed by atoms with Gasteiger partial charge in [0.2, 0.25) is 0 Å². The number of likely N-dealkylation sites (N-methyl/N-ethyl adjacent to an activating group) is 1. The number of phosphoric acid groups is 1. The summed E-state index contributed by atoms with van der Waals surface area (Å²) in [5, 5.41) is 0.